The first-order valence-electron chi connectivity index (χ1n) is 6.94. The van der Waals surface area contributed by atoms with Gasteiger partial charge in [-0.15, -0.1) is 0 Å². The summed E-state index contributed by atoms with van der Waals surface area (Å²) in [6.45, 7) is 1.29. The Hall–Kier alpha value is -1.59. The van der Waals surface area contributed by atoms with Gasteiger partial charge in [0.1, 0.15) is 5.41 Å². The topological polar surface area (TPSA) is 61.4 Å². The smallest absolute Gasteiger partial charge is 0.240 e. The van der Waals surface area contributed by atoms with Crippen LogP contribution in [0.1, 0.15) is 12.8 Å². The number of hydrogen-bond acceptors (Lipinski definition) is 3. The van der Waals surface area contributed by atoms with Crippen molar-refractivity contribution < 1.29 is 9.59 Å². The average molecular weight is 310 g/mol. The van der Waals surface area contributed by atoms with Gasteiger partial charge in [-0.25, -0.2) is 0 Å². The van der Waals surface area contributed by atoms with Gasteiger partial charge in [0.15, 0.2) is 0 Å². The number of benzene rings is 1. The minimum absolute atomic E-state index is 0.184. The highest BCUT2D eigenvalue weighted by Gasteiger charge is 2.56. The summed E-state index contributed by atoms with van der Waals surface area (Å²) in [7, 11) is 3.87. The molecule has 1 aliphatic carbocycles. The fourth-order valence-corrected chi connectivity index (χ4v) is 2.15. The van der Waals surface area contributed by atoms with E-state index in [0.29, 0.717) is 30.1 Å². The van der Waals surface area contributed by atoms with Crippen LogP contribution in [0.4, 0.5) is 5.69 Å². The van der Waals surface area contributed by atoms with Crippen LogP contribution >= 0.6 is 11.6 Å². The van der Waals surface area contributed by atoms with E-state index in [2.05, 4.69) is 10.6 Å². The zero-order valence-corrected chi connectivity index (χ0v) is 13.0. The molecule has 0 heterocycles. The Balaban J connectivity index is 1.91. The third-order valence-corrected chi connectivity index (χ3v) is 3.82. The zero-order chi connectivity index (χ0) is 15.5. The number of rotatable bonds is 6. The van der Waals surface area contributed by atoms with E-state index in [1.807, 2.05) is 19.0 Å². The summed E-state index contributed by atoms with van der Waals surface area (Å²) < 4.78 is 0. The molecule has 1 fully saturated rings. The molecule has 2 N–H and O–H groups in total. The number of likely N-dealkylation sites (N-methyl/N-ethyl adjacent to an activating group) is 1. The van der Waals surface area contributed by atoms with Gasteiger partial charge in [-0.3, -0.25) is 9.59 Å². The number of anilines is 1. The zero-order valence-electron chi connectivity index (χ0n) is 12.3. The number of carbonyl (C=O) groups excluding carboxylic acids is 2. The van der Waals surface area contributed by atoms with Crippen LogP contribution in [0.3, 0.4) is 0 Å². The molecule has 1 aromatic carbocycles. The van der Waals surface area contributed by atoms with Crippen LogP contribution in [0, 0.1) is 5.41 Å². The molecular weight excluding hydrogens is 290 g/mol. The third kappa shape index (κ3) is 3.95. The quantitative estimate of drug-likeness (QED) is 0.787. The van der Waals surface area contributed by atoms with Crippen molar-refractivity contribution in [2.24, 2.45) is 5.41 Å². The number of nitrogens with one attached hydrogen (secondary N) is 2. The largest absolute Gasteiger partial charge is 0.354 e. The summed E-state index contributed by atoms with van der Waals surface area (Å²) in [5.74, 6) is -0.428. The van der Waals surface area contributed by atoms with E-state index in [0.717, 1.165) is 6.54 Å². The lowest BCUT2D eigenvalue weighted by Crippen LogP contribution is -2.42. The van der Waals surface area contributed by atoms with Gasteiger partial charge in [-0.1, -0.05) is 11.6 Å². The lowest BCUT2D eigenvalue weighted by molar-refractivity contribution is -0.134. The highest BCUT2D eigenvalue weighted by molar-refractivity contribution is 6.30. The standard InChI is InChI=1S/C15H20ClN3O2/c1-19(2)10-9-17-13(20)15(7-8-15)14(21)18-12-5-3-11(16)4-6-12/h3-6H,7-10H2,1-2H3,(H,17,20)(H,18,21). The van der Waals surface area contributed by atoms with Crippen molar-refractivity contribution in [3.8, 4) is 0 Å². The molecule has 0 radical (unpaired) electrons. The van der Waals surface area contributed by atoms with Gasteiger partial charge in [0.05, 0.1) is 0 Å². The van der Waals surface area contributed by atoms with Crippen molar-refractivity contribution >= 4 is 29.1 Å². The normalized spacial score (nSPS) is 15.6. The second-order valence-corrected chi connectivity index (χ2v) is 6.04. The molecule has 0 unspecified atom stereocenters. The lowest BCUT2D eigenvalue weighted by atomic mass is 10.1. The highest BCUT2D eigenvalue weighted by Crippen LogP contribution is 2.46. The van der Waals surface area contributed by atoms with E-state index < -0.39 is 5.41 Å². The molecule has 1 aromatic rings. The number of hydrogen-bond donors (Lipinski definition) is 2. The van der Waals surface area contributed by atoms with Crippen molar-refractivity contribution in [3.63, 3.8) is 0 Å². The van der Waals surface area contributed by atoms with Crippen LogP contribution in [0.25, 0.3) is 0 Å². The molecule has 0 atom stereocenters. The van der Waals surface area contributed by atoms with Gasteiger partial charge >= 0.3 is 0 Å². The third-order valence-electron chi connectivity index (χ3n) is 3.57. The van der Waals surface area contributed by atoms with E-state index in [4.69, 9.17) is 11.6 Å². The van der Waals surface area contributed by atoms with Gasteiger partial charge in [-0.05, 0) is 51.2 Å². The highest BCUT2D eigenvalue weighted by atomic mass is 35.5. The van der Waals surface area contributed by atoms with Crippen LogP contribution in [-0.2, 0) is 9.59 Å². The van der Waals surface area contributed by atoms with Crippen LogP contribution in [0.15, 0.2) is 24.3 Å². The summed E-state index contributed by atoms with van der Waals surface area (Å²) in [5, 5.41) is 6.22. The van der Waals surface area contributed by atoms with Crippen LogP contribution < -0.4 is 10.6 Å². The molecule has 2 rings (SSSR count). The Labute approximate surface area is 129 Å². The summed E-state index contributed by atoms with van der Waals surface area (Å²) in [4.78, 5) is 26.5. The fourth-order valence-electron chi connectivity index (χ4n) is 2.03. The number of nitrogens with zero attached hydrogens (tertiary/aromatic N) is 1. The molecule has 5 nitrogen and oxygen atoms in total. The molecule has 0 aromatic heterocycles. The molecule has 6 heteroatoms. The summed E-state index contributed by atoms with van der Waals surface area (Å²) in [5.41, 5.74) is -0.247. The molecule has 21 heavy (non-hydrogen) atoms. The fraction of sp³-hybridized carbons (Fsp3) is 0.467. The van der Waals surface area contributed by atoms with Crippen LogP contribution in [0.2, 0.25) is 5.02 Å². The monoisotopic (exact) mass is 309 g/mol. The predicted octanol–water partition coefficient (Wildman–Crippen LogP) is 1.74. The van der Waals surface area contributed by atoms with Gasteiger partial charge in [0.25, 0.3) is 0 Å². The van der Waals surface area contributed by atoms with E-state index in [9.17, 15) is 9.59 Å². The summed E-state index contributed by atoms with van der Waals surface area (Å²) >= 11 is 5.80. The molecule has 0 bridgehead atoms. The number of carbonyl (C=O) groups is 2. The Morgan fingerprint density at radius 1 is 1.19 bits per heavy atom. The van der Waals surface area contributed by atoms with Gasteiger partial charge in [-0.2, -0.15) is 0 Å². The maximum absolute atomic E-state index is 12.3. The second-order valence-electron chi connectivity index (χ2n) is 5.60. The van der Waals surface area contributed by atoms with E-state index in [1.165, 1.54) is 0 Å². The van der Waals surface area contributed by atoms with Crippen molar-refractivity contribution in [1.82, 2.24) is 10.2 Å². The molecule has 0 aliphatic heterocycles. The van der Waals surface area contributed by atoms with Crippen LogP contribution in [-0.4, -0.2) is 43.9 Å². The summed E-state index contributed by atoms with van der Waals surface area (Å²) in [6, 6.07) is 6.85. The van der Waals surface area contributed by atoms with E-state index in [-0.39, 0.29) is 11.8 Å². The van der Waals surface area contributed by atoms with Gasteiger partial charge in [0.2, 0.25) is 11.8 Å². The van der Waals surface area contributed by atoms with Crippen molar-refractivity contribution in [1.29, 1.82) is 0 Å². The first kappa shape index (κ1) is 15.8. The molecule has 1 saturated carbocycles. The maximum atomic E-state index is 12.3. The van der Waals surface area contributed by atoms with Crippen molar-refractivity contribution in [3.05, 3.63) is 29.3 Å². The maximum Gasteiger partial charge on any atom is 0.240 e. The van der Waals surface area contributed by atoms with Crippen molar-refractivity contribution in [2.45, 2.75) is 12.8 Å². The van der Waals surface area contributed by atoms with E-state index in [1.54, 1.807) is 24.3 Å². The molecular formula is C15H20ClN3O2. The first-order valence-corrected chi connectivity index (χ1v) is 7.32. The van der Waals surface area contributed by atoms with Crippen LogP contribution in [0.5, 0.6) is 0 Å². The Morgan fingerprint density at radius 2 is 1.81 bits per heavy atom. The average Bonchev–Trinajstić information content (AvgIpc) is 3.22. The molecule has 0 saturated heterocycles. The Kier molecular flexibility index (Phi) is 4.85. The molecule has 1 aliphatic rings. The molecule has 2 amide bonds. The molecule has 0 spiro atoms. The van der Waals surface area contributed by atoms with E-state index >= 15 is 0 Å². The summed E-state index contributed by atoms with van der Waals surface area (Å²) in [6.07, 6.45) is 1.19. The predicted molar refractivity (Wildman–Crippen MR) is 83.3 cm³/mol. The SMILES string of the molecule is CN(C)CCNC(=O)C1(C(=O)Nc2ccc(Cl)cc2)CC1. The minimum Gasteiger partial charge on any atom is -0.354 e. The Bertz CT molecular complexity index is 524. The number of amides is 2. The lowest BCUT2D eigenvalue weighted by Gasteiger charge is -2.16. The Morgan fingerprint density at radius 3 is 2.33 bits per heavy atom. The molecule has 114 valence electrons. The second kappa shape index (κ2) is 6.45. The first-order chi connectivity index (χ1) is 9.94. The van der Waals surface area contributed by atoms with Gasteiger partial charge in [0, 0.05) is 23.8 Å². The van der Waals surface area contributed by atoms with Gasteiger partial charge < -0.3 is 15.5 Å². The van der Waals surface area contributed by atoms with Crippen molar-refractivity contribution in [2.75, 3.05) is 32.5 Å². The minimum atomic E-state index is -0.897. The number of halogens is 1.